The number of halogens is 1. The maximum Gasteiger partial charge on any atom is 0.320 e. The zero-order valence-corrected chi connectivity index (χ0v) is 16.9. The predicted molar refractivity (Wildman–Crippen MR) is 106 cm³/mol. The van der Waals surface area contributed by atoms with Gasteiger partial charge in [0.15, 0.2) is 23.1 Å². The summed E-state index contributed by atoms with van der Waals surface area (Å²) in [6.45, 7) is 0.601. The summed E-state index contributed by atoms with van der Waals surface area (Å²) < 4.78 is 30.3. The molecule has 1 fully saturated rings. The molecule has 1 heterocycles. The standard InChI is InChI=1S/C22H26FNO5/c1-27-18-9-7-14(12-16(18)23)21(24-11-5-4-6-17(24)22(25)26)15-8-10-19(28-2)20(13-15)29-3/h7-10,12-13,17,21H,4-6,11H2,1-3H3,(H,25,26). The Morgan fingerprint density at radius 1 is 1.00 bits per heavy atom. The summed E-state index contributed by atoms with van der Waals surface area (Å²) in [5.74, 6) is -0.103. The molecule has 1 aliphatic rings. The average molecular weight is 403 g/mol. The lowest BCUT2D eigenvalue weighted by Gasteiger charge is -2.39. The lowest BCUT2D eigenvalue weighted by atomic mass is 9.91. The van der Waals surface area contributed by atoms with Crippen LogP contribution >= 0.6 is 0 Å². The molecule has 156 valence electrons. The Morgan fingerprint density at radius 3 is 2.21 bits per heavy atom. The molecule has 0 aromatic heterocycles. The number of ether oxygens (including phenoxy) is 3. The molecular weight excluding hydrogens is 377 g/mol. The van der Waals surface area contributed by atoms with Gasteiger partial charge in [0, 0.05) is 0 Å². The van der Waals surface area contributed by atoms with Gasteiger partial charge < -0.3 is 19.3 Å². The number of carbonyl (C=O) groups is 1. The van der Waals surface area contributed by atoms with Gasteiger partial charge in [0.05, 0.1) is 27.4 Å². The first kappa shape index (κ1) is 20.9. The van der Waals surface area contributed by atoms with Crippen LogP contribution in [0.5, 0.6) is 17.2 Å². The Balaban J connectivity index is 2.13. The van der Waals surface area contributed by atoms with E-state index in [2.05, 4.69) is 0 Å². The maximum atomic E-state index is 14.5. The number of nitrogens with zero attached hydrogens (tertiary/aromatic N) is 1. The van der Waals surface area contributed by atoms with Gasteiger partial charge in [-0.3, -0.25) is 9.69 Å². The zero-order valence-electron chi connectivity index (χ0n) is 16.9. The Bertz CT molecular complexity index is 872. The van der Waals surface area contributed by atoms with E-state index in [0.717, 1.165) is 18.4 Å². The van der Waals surface area contributed by atoms with Crippen LogP contribution in [-0.2, 0) is 4.79 Å². The molecule has 0 spiro atoms. The second-order valence-corrected chi connectivity index (χ2v) is 7.00. The summed E-state index contributed by atoms with van der Waals surface area (Å²) in [4.78, 5) is 13.9. The first-order valence-corrected chi connectivity index (χ1v) is 9.54. The van der Waals surface area contributed by atoms with Crippen molar-refractivity contribution >= 4 is 5.97 Å². The average Bonchev–Trinajstić information content (AvgIpc) is 2.74. The number of piperidine rings is 1. The van der Waals surface area contributed by atoms with Crippen LogP contribution in [0.4, 0.5) is 4.39 Å². The fourth-order valence-corrected chi connectivity index (χ4v) is 3.98. The lowest BCUT2D eigenvalue weighted by molar-refractivity contribution is -0.145. The molecule has 3 rings (SSSR count). The van der Waals surface area contributed by atoms with Crippen molar-refractivity contribution in [2.24, 2.45) is 0 Å². The van der Waals surface area contributed by atoms with Crippen molar-refractivity contribution < 1.29 is 28.5 Å². The van der Waals surface area contributed by atoms with Gasteiger partial charge in [-0.05, 0) is 54.8 Å². The van der Waals surface area contributed by atoms with Gasteiger partial charge in [0.25, 0.3) is 0 Å². The number of carboxylic acids is 1. The fraction of sp³-hybridized carbons (Fsp3) is 0.409. The van der Waals surface area contributed by atoms with Gasteiger partial charge in [-0.1, -0.05) is 18.6 Å². The minimum atomic E-state index is -0.871. The van der Waals surface area contributed by atoms with Gasteiger partial charge in [0.2, 0.25) is 0 Å². The molecule has 1 N–H and O–H groups in total. The maximum absolute atomic E-state index is 14.5. The zero-order chi connectivity index (χ0) is 21.0. The summed E-state index contributed by atoms with van der Waals surface area (Å²) in [7, 11) is 4.51. The van der Waals surface area contributed by atoms with Crippen LogP contribution in [0.25, 0.3) is 0 Å². The first-order chi connectivity index (χ1) is 14.0. The molecule has 0 amide bonds. The summed E-state index contributed by atoms with van der Waals surface area (Å²) in [6, 6.07) is 9.12. The molecule has 0 saturated carbocycles. The molecule has 2 aromatic carbocycles. The van der Waals surface area contributed by atoms with Gasteiger partial charge in [-0.25, -0.2) is 4.39 Å². The molecule has 0 aliphatic carbocycles. The highest BCUT2D eigenvalue weighted by molar-refractivity contribution is 5.73. The van der Waals surface area contributed by atoms with Gasteiger partial charge >= 0.3 is 5.97 Å². The molecular formula is C22H26FNO5. The molecule has 2 unspecified atom stereocenters. The number of benzene rings is 2. The minimum absolute atomic E-state index is 0.147. The molecule has 1 saturated heterocycles. The third-order valence-electron chi connectivity index (χ3n) is 5.38. The monoisotopic (exact) mass is 403 g/mol. The van der Waals surface area contributed by atoms with E-state index >= 15 is 0 Å². The van der Waals surface area contributed by atoms with E-state index in [1.807, 2.05) is 17.0 Å². The van der Waals surface area contributed by atoms with E-state index in [1.54, 1.807) is 32.4 Å². The number of hydrogen-bond acceptors (Lipinski definition) is 5. The van der Waals surface area contributed by atoms with E-state index in [-0.39, 0.29) is 5.75 Å². The highest BCUT2D eigenvalue weighted by atomic mass is 19.1. The van der Waals surface area contributed by atoms with Crippen LogP contribution in [0.1, 0.15) is 36.4 Å². The van der Waals surface area contributed by atoms with Gasteiger partial charge in [0.1, 0.15) is 6.04 Å². The summed E-state index contributed by atoms with van der Waals surface area (Å²) in [5, 5.41) is 9.79. The summed E-state index contributed by atoms with van der Waals surface area (Å²) >= 11 is 0. The quantitative estimate of drug-likeness (QED) is 0.757. The molecule has 0 bridgehead atoms. The van der Waals surface area contributed by atoms with Crippen molar-refractivity contribution in [3.8, 4) is 17.2 Å². The van der Waals surface area contributed by atoms with Crippen LogP contribution < -0.4 is 14.2 Å². The number of aliphatic carboxylic acids is 1. The smallest absolute Gasteiger partial charge is 0.320 e. The Kier molecular flexibility index (Phi) is 6.59. The second-order valence-electron chi connectivity index (χ2n) is 7.00. The van der Waals surface area contributed by atoms with Crippen LogP contribution in [0, 0.1) is 5.82 Å². The predicted octanol–water partition coefficient (Wildman–Crippen LogP) is 3.88. The lowest BCUT2D eigenvalue weighted by Crippen LogP contribution is -2.46. The van der Waals surface area contributed by atoms with Crippen LogP contribution in [-0.4, -0.2) is 49.9 Å². The van der Waals surface area contributed by atoms with Crippen molar-refractivity contribution in [3.63, 3.8) is 0 Å². The molecule has 2 atom stereocenters. The van der Waals surface area contributed by atoms with Crippen molar-refractivity contribution in [3.05, 3.63) is 53.3 Å². The normalized spacial score (nSPS) is 18.1. The molecule has 6 nitrogen and oxygen atoms in total. The molecule has 2 aromatic rings. The Labute approximate surface area is 169 Å². The summed E-state index contributed by atoms with van der Waals surface area (Å²) in [6.07, 6.45) is 2.28. The SMILES string of the molecule is COc1ccc(C(c2ccc(OC)c(OC)c2)N2CCCCC2C(=O)O)cc1F. The van der Waals surface area contributed by atoms with Crippen molar-refractivity contribution in [1.29, 1.82) is 0 Å². The summed E-state index contributed by atoms with van der Waals surface area (Å²) in [5.41, 5.74) is 1.46. The molecule has 1 aliphatic heterocycles. The van der Waals surface area contributed by atoms with Crippen LogP contribution in [0.3, 0.4) is 0 Å². The number of carboxylic acid groups (broad SMARTS) is 1. The van der Waals surface area contributed by atoms with Gasteiger partial charge in [-0.2, -0.15) is 0 Å². The third-order valence-corrected chi connectivity index (χ3v) is 5.38. The number of likely N-dealkylation sites (tertiary alicyclic amines) is 1. The Morgan fingerprint density at radius 2 is 1.62 bits per heavy atom. The van der Waals surface area contributed by atoms with E-state index in [4.69, 9.17) is 14.2 Å². The minimum Gasteiger partial charge on any atom is -0.494 e. The highest BCUT2D eigenvalue weighted by Crippen LogP contribution is 2.39. The van der Waals surface area contributed by atoms with E-state index in [0.29, 0.717) is 30.0 Å². The highest BCUT2D eigenvalue weighted by Gasteiger charge is 2.35. The molecule has 0 radical (unpaired) electrons. The Hall–Kier alpha value is -2.80. The van der Waals surface area contributed by atoms with E-state index in [1.165, 1.54) is 13.2 Å². The topological polar surface area (TPSA) is 68.2 Å². The van der Waals surface area contributed by atoms with Crippen LogP contribution in [0.15, 0.2) is 36.4 Å². The molecule has 29 heavy (non-hydrogen) atoms. The van der Waals surface area contributed by atoms with Crippen molar-refractivity contribution in [1.82, 2.24) is 4.90 Å². The van der Waals surface area contributed by atoms with E-state index < -0.39 is 23.9 Å². The number of rotatable bonds is 7. The number of methoxy groups -OCH3 is 3. The first-order valence-electron chi connectivity index (χ1n) is 9.54. The largest absolute Gasteiger partial charge is 0.494 e. The molecule has 7 heteroatoms. The third kappa shape index (κ3) is 4.29. The van der Waals surface area contributed by atoms with Gasteiger partial charge in [-0.15, -0.1) is 0 Å². The van der Waals surface area contributed by atoms with Crippen molar-refractivity contribution in [2.75, 3.05) is 27.9 Å². The van der Waals surface area contributed by atoms with Crippen molar-refractivity contribution in [2.45, 2.75) is 31.3 Å². The fourth-order valence-electron chi connectivity index (χ4n) is 3.98. The van der Waals surface area contributed by atoms with Crippen LogP contribution in [0.2, 0.25) is 0 Å². The second kappa shape index (κ2) is 9.13. The number of hydrogen-bond donors (Lipinski definition) is 1. The van der Waals surface area contributed by atoms with E-state index in [9.17, 15) is 14.3 Å².